The highest BCUT2D eigenvalue weighted by Crippen LogP contribution is 2.24. The van der Waals surface area contributed by atoms with E-state index in [9.17, 15) is 0 Å². The number of imidazole rings is 1. The number of halogens is 1. The summed E-state index contributed by atoms with van der Waals surface area (Å²) in [6.45, 7) is 5.13. The highest BCUT2D eigenvalue weighted by atomic mass is 35.5. The van der Waals surface area contributed by atoms with Crippen molar-refractivity contribution in [3.63, 3.8) is 0 Å². The molecule has 3 aromatic rings. The molecule has 2 heterocycles. The first-order valence-corrected chi connectivity index (χ1v) is 7.73. The first-order chi connectivity index (χ1) is 10.2. The Kier molecular flexibility index (Phi) is 3.97. The Morgan fingerprint density at radius 3 is 2.90 bits per heavy atom. The smallest absolute Gasteiger partial charge is 0.111 e. The SMILES string of the molecule is Cc1ccc2nc(CCCl)n(C(C)Cn3cccn3)c2c1. The maximum atomic E-state index is 5.94. The number of fused-ring (bicyclic) bond motifs is 1. The molecule has 0 saturated carbocycles. The molecule has 3 rings (SSSR count). The van der Waals surface area contributed by atoms with Gasteiger partial charge in [-0.3, -0.25) is 4.68 Å². The minimum Gasteiger partial charge on any atom is -0.323 e. The fraction of sp³-hybridized carbons (Fsp3) is 0.375. The van der Waals surface area contributed by atoms with Crippen LogP contribution in [0.1, 0.15) is 24.4 Å². The van der Waals surface area contributed by atoms with Gasteiger partial charge in [0, 0.05) is 24.7 Å². The van der Waals surface area contributed by atoms with E-state index in [4.69, 9.17) is 16.6 Å². The van der Waals surface area contributed by atoms with Crippen LogP contribution < -0.4 is 0 Å². The zero-order valence-electron chi connectivity index (χ0n) is 12.3. The number of alkyl halides is 1. The van der Waals surface area contributed by atoms with Crippen molar-refractivity contribution in [2.45, 2.75) is 32.9 Å². The van der Waals surface area contributed by atoms with Gasteiger partial charge < -0.3 is 4.57 Å². The van der Waals surface area contributed by atoms with Gasteiger partial charge in [0.1, 0.15) is 5.82 Å². The summed E-state index contributed by atoms with van der Waals surface area (Å²) in [6, 6.07) is 8.60. The lowest BCUT2D eigenvalue weighted by Crippen LogP contribution is -2.16. The summed E-state index contributed by atoms with van der Waals surface area (Å²) in [7, 11) is 0. The summed E-state index contributed by atoms with van der Waals surface area (Å²) in [5, 5.41) is 4.30. The third-order valence-corrected chi connectivity index (χ3v) is 3.88. The van der Waals surface area contributed by atoms with E-state index in [0.29, 0.717) is 5.88 Å². The van der Waals surface area contributed by atoms with E-state index in [1.807, 2.05) is 23.1 Å². The van der Waals surface area contributed by atoms with Crippen molar-refractivity contribution in [1.29, 1.82) is 0 Å². The molecule has 1 aromatic carbocycles. The number of aryl methyl sites for hydroxylation is 2. The van der Waals surface area contributed by atoms with Crippen LogP contribution in [-0.4, -0.2) is 25.2 Å². The Morgan fingerprint density at radius 1 is 1.33 bits per heavy atom. The second-order valence-electron chi connectivity index (χ2n) is 5.41. The second kappa shape index (κ2) is 5.90. The van der Waals surface area contributed by atoms with Gasteiger partial charge in [-0.25, -0.2) is 4.98 Å². The molecule has 110 valence electrons. The highest BCUT2D eigenvalue weighted by Gasteiger charge is 2.16. The zero-order valence-corrected chi connectivity index (χ0v) is 13.1. The minimum absolute atomic E-state index is 0.273. The van der Waals surface area contributed by atoms with E-state index < -0.39 is 0 Å². The van der Waals surface area contributed by atoms with Crippen LogP contribution in [0, 0.1) is 6.92 Å². The Morgan fingerprint density at radius 2 is 2.19 bits per heavy atom. The maximum absolute atomic E-state index is 5.94. The van der Waals surface area contributed by atoms with E-state index in [1.165, 1.54) is 11.1 Å². The van der Waals surface area contributed by atoms with Crippen molar-refractivity contribution in [2.24, 2.45) is 0 Å². The standard InChI is InChI=1S/C16H19ClN4/c1-12-4-5-14-15(10-12)21(16(19-14)6-7-17)13(2)11-20-9-3-8-18-20/h3-5,8-10,13H,6-7,11H2,1-2H3. The first kappa shape index (κ1) is 14.1. The third-order valence-electron chi connectivity index (χ3n) is 3.69. The summed E-state index contributed by atoms with van der Waals surface area (Å²) >= 11 is 5.94. The number of rotatable bonds is 5. The Hall–Kier alpha value is -1.81. The molecule has 2 aromatic heterocycles. The second-order valence-corrected chi connectivity index (χ2v) is 5.78. The van der Waals surface area contributed by atoms with E-state index >= 15 is 0 Å². The van der Waals surface area contributed by atoms with Crippen LogP contribution in [0.15, 0.2) is 36.7 Å². The summed E-state index contributed by atoms with van der Waals surface area (Å²) < 4.78 is 4.25. The van der Waals surface area contributed by atoms with Crippen molar-refractivity contribution in [2.75, 3.05) is 5.88 Å². The average Bonchev–Trinajstić information content (AvgIpc) is 3.06. The first-order valence-electron chi connectivity index (χ1n) is 7.20. The molecule has 0 amide bonds. The maximum Gasteiger partial charge on any atom is 0.111 e. The topological polar surface area (TPSA) is 35.6 Å². The normalized spacial score (nSPS) is 12.9. The molecule has 1 unspecified atom stereocenters. The molecule has 0 radical (unpaired) electrons. The van der Waals surface area contributed by atoms with Crippen molar-refractivity contribution in [3.8, 4) is 0 Å². The largest absolute Gasteiger partial charge is 0.323 e. The van der Waals surface area contributed by atoms with Crippen LogP contribution in [0.3, 0.4) is 0 Å². The molecular formula is C16H19ClN4. The molecule has 0 aliphatic heterocycles. The predicted octanol–water partition coefficient (Wildman–Crippen LogP) is 3.58. The van der Waals surface area contributed by atoms with Crippen LogP contribution in [0.2, 0.25) is 0 Å². The summed E-state index contributed by atoms with van der Waals surface area (Å²) in [5.74, 6) is 1.63. The molecule has 0 saturated heterocycles. The molecule has 1 atom stereocenters. The fourth-order valence-corrected chi connectivity index (χ4v) is 2.94. The van der Waals surface area contributed by atoms with Gasteiger partial charge in [0.2, 0.25) is 0 Å². The molecule has 0 bridgehead atoms. The highest BCUT2D eigenvalue weighted by molar-refractivity contribution is 6.17. The number of benzene rings is 1. The summed E-state index contributed by atoms with van der Waals surface area (Å²) in [6.07, 6.45) is 4.57. The van der Waals surface area contributed by atoms with E-state index in [1.54, 1.807) is 0 Å². The summed E-state index contributed by atoms with van der Waals surface area (Å²) in [4.78, 5) is 4.74. The third kappa shape index (κ3) is 2.81. The number of hydrogen-bond donors (Lipinski definition) is 0. The Balaban J connectivity index is 2.05. The van der Waals surface area contributed by atoms with Crippen LogP contribution in [0.25, 0.3) is 11.0 Å². The van der Waals surface area contributed by atoms with Crippen LogP contribution in [0.5, 0.6) is 0 Å². The molecule has 21 heavy (non-hydrogen) atoms. The molecule has 0 spiro atoms. The molecule has 0 aliphatic carbocycles. The number of hydrogen-bond acceptors (Lipinski definition) is 2. The van der Waals surface area contributed by atoms with Crippen LogP contribution in [-0.2, 0) is 13.0 Å². The van der Waals surface area contributed by atoms with Gasteiger partial charge in [-0.05, 0) is 37.6 Å². The van der Waals surface area contributed by atoms with Gasteiger partial charge in [-0.2, -0.15) is 5.10 Å². The zero-order chi connectivity index (χ0) is 14.8. The Bertz CT molecular complexity index is 730. The van der Waals surface area contributed by atoms with Gasteiger partial charge in [0.05, 0.1) is 23.6 Å². The van der Waals surface area contributed by atoms with Crippen LogP contribution in [0.4, 0.5) is 0 Å². The van der Waals surface area contributed by atoms with Gasteiger partial charge in [-0.15, -0.1) is 11.6 Å². The quantitative estimate of drug-likeness (QED) is 0.675. The van der Waals surface area contributed by atoms with Crippen molar-refractivity contribution < 1.29 is 0 Å². The monoisotopic (exact) mass is 302 g/mol. The Labute approximate surface area is 129 Å². The molecule has 5 heteroatoms. The van der Waals surface area contributed by atoms with Crippen LogP contribution >= 0.6 is 11.6 Å². The predicted molar refractivity (Wildman–Crippen MR) is 85.8 cm³/mol. The molecule has 0 fully saturated rings. The minimum atomic E-state index is 0.273. The molecule has 0 aliphatic rings. The number of nitrogens with zero attached hydrogens (tertiary/aromatic N) is 4. The lowest BCUT2D eigenvalue weighted by molar-refractivity contribution is 0.435. The number of aromatic nitrogens is 4. The van der Waals surface area contributed by atoms with Gasteiger partial charge in [0.25, 0.3) is 0 Å². The lowest BCUT2D eigenvalue weighted by atomic mass is 10.2. The van der Waals surface area contributed by atoms with Gasteiger partial charge in [0.15, 0.2) is 0 Å². The van der Waals surface area contributed by atoms with Crippen molar-refractivity contribution in [1.82, 2.24) is 19.3 Å². The average molecular weight is 303 g/mol. The van der Waals surface area contributed by atoms with E-state index in [0.717, 1.165) is 24.3 Å². The summed E-state index contributed by atoms with van der Waals surface area (Å²) in [5.41, 5.74) is 3.45. The van der Waals surface area contributed by atoms with E-state index in [-0.39, 0.29) is 6.04 Å². The fourth-order valence-electron chi connectivity index (χ4n) is 2.77. The van der Waals surface area contributed by atoms with Gasteiger partial charge in [-0.1, -0.05) is 6.07 Å². The van der Waals surface area contributed by atoms with E-state index in [2.05, 4.69) is 41.7 Å². The molecular weight excluding hydrogens is 284 g/mol. The molecule has 0 N–H and O–H groups in total. The van der Waals surface area contributed by atoms with Gasteiger partial charge >= 0.3 is 0 Å². The lowest BCUT2D eigenvalue weighted by Gasteiger charge is -2.17. The van der Waals surface area contributed by atoms with Crippen molar-refractivity contribution in [3.05, 3.63) is 48.0 Å². The molecule has 4 nitrogen and oxygen atoms in total. The van der Waals surface area contributed by atoms with Crippen molar-refractivity contribution >= 4 is 22.6 Å².